The molecule has 0 heterocycles. The Bertz CT molecular complexity index is 719. The molecule has 0 amide bonds. The molecule has 1 N–H and O–H groups in total. The fourth-order valence-corrected chi connectivity index (χ4v) is 2.47. The Labute approximate surface area is 139 Å². The number of rotatable bonds is 5. The SMILES string of the molecule is CN(C)[C@H](CNc1ccc(C#N)c(C(F)(F)F)c1)c1ccccc1. The van der Waals surface area contributed by atoms with E-state index in [9.17, 15) is 13.2 Å². The fraction of sp³-hybridized carbons (Fsp3) is 0.278. The first-order valence-corrected chi connectivity index (χ1v) is 7.39. The summed E-state index contributed by atoms with van der Waals surface area (Å²) in [5.74, 6) is 0. The van der Waals surface area contributed by atoms with Crippen LogP contribution in [-0.2, 0) is 6.18 Å². The maximum absolute atomic E-state index is 13.0. The lowest BCUT2D eigenvalue weighted by Crippen LogP contribution is -2.26. The molecule has 0 spiro atoms. The lowest BCUT2D eigenvalue weighted by atomic mass is 10.0. The predicted octanol–water partition coefficient (Wildman–Crippen LogP) is 4.29. The van der Waals surface area contributed by atoms with Gasteiger partial charge < -0.3 is 10.2 Å². The summed E-state index contributed by atoms with van der Waals surface area (Å²) in [5, 5.41) is 11.9. The first-order valence-electron chi connectivity index (χ1n) is 7.39. The Morgan fingerprint density at radius 3 is 2.33 bits per heavy atom. The molecule has 0 aliphatic carbocycles. The van der Waals surface area contributed by atoms with Gasteiger partial charge in [-0.25, -0.2) is 0 Å². The van der Waals surface area contributed by atoms with Crippen molar-refractivity contribution in [2.24, 2.45) is 0 Å². The van der Waals surface area contributed by atoms with Crippen molar-refractivity contribution in [1.82, 2.24) is 4.90 Å². The number of alkyl halides is 3. The summed E-state index contributed by atoms with van der Waals surface area (Å²) < 4.78 is 39.1. The molecule has 1 atom stereocenters. The van der Waals surface area contributed by atoms with Crippen LogP contribution < -0.4 is 5.32 Å². The van der Waals surface area contributed by atoms with Gasteiger partial charge in [0.05, 0.1) is 23.2 Å². The van der Waals surface area contributed by atoms with Crippen LogP contribution in [0.3, 0.4) is 0 Å². The van der Waals surface area contributed by atoms with Crippen LogP contribution in [0.5, 0.6) is 0 Å². The third-order valence-electron chi connectivity index (χ3n) is 3.75. The van der Waals surface area contributed by atoms with Crippen LogP contribution in [0.1, 0.15) is 22.7 Å². The van der Waals surface area contributed by atoms with Crippen LogP contribution in [0.25, 0.3) is 0 Å². The van der Waals surface area contributed by atoms with E-state index in [4.69, 9.17) is 5.26 Å². The third kappa shape index (κ3) is 4.27. The Morgan fingerprint density at radius 2 is 1.79 bits per heavy atom. The van der Waals surface area contributed by atoms with Crippen molar-refractivity contribution >= 4 is 5.69 Å². The molecular formula is C18H18F3N3. The van der Waals surface area contributed by atoms with Gasteiger partial charge in [-0.3, -0.25) is 0 Å². The lowest BCUT2D eigenvalue weighted by Gasteiger charge is -2.25. The second kappa shape index (κ2) is 7.37. The molecule has 24 heavy (non-hydrogen) atoms. The maximum Gasteiger partial charge on any atom is 0.417 e. The summed E-state index contributed by atoms with van der Waals surface area (Å²) in [4.78, 5) is 2.00. The van der Waals surface area contributed by atoms with Crippen molar-refractivity contribution in [3.05, 3.63) is 65.2 Å². The summed E-state index contributed by atoms with van der Waals surface area (Å²) in [6.07, 6.45) is -4.55. The van der Waals surface area contributed by atoms with Crippen LogP contribution in [0.4, 0.5) is 18.9 Å². The Hall–Kier alpha value is -2.52. The normalized spacial score (nSPS) is 12.7. The van der Waals surface area contributed by atoms with Crippen LogP contribution in [0, 0.1) is 11.3 Å². The van der Waals surface area contributed by atoms with Gasteiger partial charge in [-0.1, -0.05) is 30.3 Å². The molecule has 0 bridgehead atoms. The van der Waals surface area contributed by atoms with E-state index < -0.39 is 11.7 Å². The number of benzene rings is 2. The van der Waals surface area contributed by atoms with Gasteiger partial charge in [-0.2, -0.15) is 18.4 Å². The summed E-state index contributed by atoms with van der Waals surface area (Å²) in [6, 6.07) is 15.0. The number of likely N-dealkylation sites (N-methyl/N-ethyl adjacent to an activating group) is 1. The molecule has 0 aliphatic heterocycles. The zero-order valence-electron chi connectivity index (χ0n) is 13.4. The Balaban J connectivity index is 2.20. The largest absolute Gasteiger partial charge is 0.417 e. The van der Waals surface area contributed by atoms with Crippen LogP contribution in [-0.4, -0.2) is 25.5 Å². The highest BCUT2D eigenvalue weighted by molar-refractivity contribution is 5.53. The van der Waals surface area contributed by atoms with Gasteiger partial charge in [0, 0.05) is 12.2 Å². The standard InChI is InChI=1S/C18H18F3N3/c1-24(2)17(13-6-4-3-5-7-13)12-23-15-9-8-14(11-22)16(10-15)18(19,20)21/h3-10,17,23H,12H2,1-2H3/t17-/m1/s1. The zero-order chi connectivity index (χ0) is 17.7. The van der Waals surface area contributed by atoms with Gasteiger partial charge in [0.25, 0.3) is 0 Å². The van der Waals surface area contributed by atoms with Crippen LogP contribution >= 0.6 is 0 Å². The summed E-state index contributed by atoms with van der Waals surface area (Å²) in [6.45, 7) is 0.445. The molecule has 0 saturated carbocycles. The number of nitrogens with one attached hydrogen (secondary N) is 1. The molecule has 2 rings (SSSR count). The monoisotopic (exact) mass is 333 g/mol. The molecule has 3 nitrogen and oxygen atoms in total. The van der Waals surface area contributed by atoms with E-state index in [1.54, 1.807) is 6.07 Å². The van der Waals surface area contributed by atoms with Gasteiger partial charge in [-0.15, -0.1) is 0 Å². The topological polar surface area (TPSA) is 39.1 Å². The number of halogens is 3. The second-order valence-corrected chi connectivity index (χ2v) is 5.64. The minimum absolute atomic E-state index is 0.0104. The Morgan fingerprint density at radius 1 is 1.12 bits per heavy atom. The van der Waals surface area contributed by atoms with Crippen molar-refractivity contribution in [1.29, 1.82) is 5.26 Å². The van der Waals surface area contributed by atoms with Crippen LogP contribution in [0.2, 0.25) is 0 Å². The number of nitrogens with zero attached hydrogens (tertiary/aromatic N) is 2. The summed E-state index contributed by atoms with van der Waals surface area (Å²) in [5.41, 5.74) is 0.111. The second-order valence-electron chi connectivity index (χ2n) is 5.64. The molecule has 0 saturated heterocycles. The fourth-order valence-electron chi connectivity index (χ4n) is 2.47. The molecular weight excluding hydrogens is 315 g/mol. The molecule has 0 fully saturated rings. The van der Waals surface area contributed by atoms with Gasteiger partial charge in [0.15, 0.2) is 0 Å². The quantitative estimate of drug-likeness (QED) is 0.887. The van der Waals surface area contributed by atoms with E-state index in [0.717, 1.165) is 11.6 Å². The lowest BCUT2D eigenvalue weighted by molar-refractivity contribution is -0.137. The Kier molecular flexibility index (Phi) is 5.47. The average Bonchev–Trinajstić information content (AvgIpc) is 2.54. The molecule has 0 radical (unpaired) electrons. The first-order chi connectivity index (χ1) is 11.3. The highest BCUT2D eigenvalue weighted by atomic mass is 19.4. The maximum atomic E-state index is 13.0. The van der Waals surface area contributed by atoms with Gasteiger partial charge >= 0.3 is 6.18 Å². The molecule has 0 unspecified atom stereocenters. The van der Waals surface area contributed by atoms with Crippen molar-refractivity contribution in [2.45, 2.75) is 12.2 Å². The van der Waals surface area contributed by atoms with Crippen molar-refractivity contribution < 1.29 is 13.2 Å². The minimum Gasteiger partial charge on any atom is -0.383 e. The van der Waals surface area contributed by atoms with Crippen molar-refractivity contribution in [3.63, 3.8) is 0 Å². The van der Waals surface area contributed by atoms with E-state index in [1.165, 1.54) is 12.1 Å². The van der Waals surface area contributed by atoms with Crippen molar-refractivity contribution in [3.8, 4) is 6.07 Å². The van der Waals surface area contributed by atoms with E-state index in [2.05, 4.69) is 5.32 Å². The number of hydrogen-bond donors (Lipinski definition) is 1. The molecule has 126 valence electrons. The molecule has 0 aromatic heterocycles. The van der Waals surface area contributed by atoms with Gasteiger partial charge in [0.1, 0.15) is 0 Å². The minimum atomic E-state index is -4.55. The number of nitriles is 1. The first kappa shape index (κ1) is 17.8. The highest BCUT2D eigenvalue weighted by Gasteiger charge is 2.33. The van der Waals surface area contributed by atoms with Crippen LogP contribution in [0.15, 0.2) is 48.5 Å². The van der Waals surface area contributed by atoms with Crippen molar-refractivity contribution in [2.75, 3.05) is 26.0 Å². The number of anilines is 1. The highest BCUT2D eigenvalue weighted by Crippen LogP contribution is 2.33. The van der Waals surface area contributed by atoms with E-state index in [0.29, 0.717) is 12.2 Å². The molecule has 0 aliphatic rings. The van der Waals surface area contributed by atoms with E-state index in [-0.39, 0.29) is 11.6 Å². The van der Waals surface area contributed by atoms with E-state index >= 15 is 0 Å². The molecule has 6 heteroatoms. The predicted molar refractivity (Wildman–Crippen MR) is 87.5 cm³/mol. The molecule has 2 aromatic rings. The zero-order valence-corrected chi connectivity index (χ0v) is 13.4. The summed E-state index contributed by atoms with van der Waals surface area (Å²) >= 11 is 0. The number of hydrogen-bond acceptors (Lipinski definition) is 3. The van der Waals surface area contributed by atoms with Gasteiger partial charge in [-0.05, 0) is 37.9 Å². The average molecular weight is 333 g/mol. The van der Waals surface area contributed by atoms with E-state index in [1.807, 2.05) is 49.3 Å². The molecule has 2 aromatic carbocycles. The smallest absolute Gasteiger partial charge is 0.383 e. The third-order valence-corrected chi connectivity index (χ3v) is 3.75. The van der Waals surface area contributed by atoms with Gasteiger partial charge in [0.2, 0.25) is 0 Å². The summed E-state index contributed by atoms with van der Waals surface area (Å²) in [7, 11) is 3.83.